The van der Waals surface area contributed by atoms with Gasteiger partial charge in [-0.05, 0) is 50.6 Å². The Morgan fingerprint density at radius 1 is 1.28 bits per heavy atom. The van der Waals surface area contributed by atoms with Crippen molar-refractivity contribution in [2.75, 3.05) is 0 Å². The zero-order valence-electron chi connectivity index (χ0n) is 14.6. The first-order chi connectivity index (χ1) is 12.0. The van der Waals surface area contributed by atoms with E-state index in [9.17, 15) is 4.79 Å². The molecule has 1 atom stereocenters. The average Bonchev–Trinajstić information content (AvgIpc) is 3.01. The second-order valence-corrected chi connectivity index (χ2v) is 6.13. The molecular weight excluding hydrogens is 318 g/mol. The third-order valence-corrected chi connectivity index (χ3v) is 4.01. The second kappa shape index (κ2) is 6.93. The summed E-state index contributed by atoms with van der Waals surface area (Å²) in [7, 11) is 0. The van der Waals surface area contributed by atoms with Gasteiger partial charge in [-0.25, -0.2) is 14.3 Å². The summed E-state index contributed by atoms with van der Waals surface area (Å²) in [5, 5.41) is 13.1. The number of carboxylic acids is 1. The molecule has 0 bridgehead atoms. The van der Waals surface area contributed by atoms with Crippen LogP contribution in [0.25, 0.3) is 16.9 Å². The van der Waals surface area contributed by atoms with Crippen molar-refractivity contribution in [1.29, 1.82) is 0 Å². The standard InChI is InChI=1S/C19H21N3O3/c1-4-5-13(3)25-15-8-6-14(7-9-15)16-10-12(2)22-18(20-16)11-17(21-22)19(23)24/h6-11,13H,4-5H2,1-3H3,(H,23,24)/t13-/m1/s1. The molecule has 0 aliphatic heterocycles. The number of benzene rings is 1. The molecule has 0 amide bonds. The predicted octanol–water partition coefficient (Wildman–Crippen LogP) is 3.97. The van der Waals surface area contributed by atoms with Gasteiger partial charge in [0.05, 0.1) is 11.8 Å². The number of fused-ring (bicyclic) bond motifs is 1. The van der Waals surface area contributed by atoms with E-state index in [4.69, 9.17) is 9.84 Å². The van der Waals surface area contributed by atoms with E-state index in [1.165, 1.54) is 10.6 Å². The van der Waals surface area contributed by atoms with Gasteiger partial charge in [-0.1, -0.05) is 13.3 Å². The Morgan fingerprint density at radius 3 is 2.64 bits per heavy atom. The highest BCUT2D eigenvalue weighted by Crippen LogP contribution is 2.23. The van der Waals surface area contributed by atoms with Crippen LogP contribution in [0.1, 0.15) is 42.9 Å². The number of nitrogens with zero attached hydrogens (tertiary/aromatic N) is 3. The summed E-state index contributed by atoms with van der Waals surface area (Å²) < 4.78 is 7.41. The van der Waals surface area contributed by atoms with E-state index in [-0.39, 0.29) is 11.8 Å². The molecule has 0 saturated carbocycles. The maximum absolute atomic E-state index is 11.1. The largest absolute Gasteiger partial charge is 0.491 e. The van der Waals surface area contributed by atoms with Crippen molar-refractivity contribution in [2.45, 2.75) is 39.7 Å². The Balaban J connectivity index is 1.89. The monoisotopic (exact) mass is 339 g/mol. The summed E-state index contributed by atoms with van der Waals surface area (Å²) in [6.07, 6.45) is 2.30. The number of carboxylic acid groups (broad SMARTS) is 1. The van der Waals surface area contributed by atoms with Gasteiger partial charge in [0, 0.05) is 17.3 Å². The van der Waals surface area contributed by atoms with Crippen LogP contribution in [0.15, 0.2) is 36.4 Å². The highest BCUT2D eigenvalue weighted by Gasteiger charge is 2.13. The van der Waals surface area contributed by atoms with E-state index < -0.39 is 5.97 Å². The van der Waals surface area contributed by atoms with Crippen LogP contribution in [-0.4, -0.2) is 31.8 Å². The van der Waals surface area contributed by atoms with Gasteiger partial charge >= 0.3 is 5.97 Å². The predicted molar refractivity (Wildman–Crippen MR) is 95.1 cm³/mol. The molecule has 0 aliphatic carbocycles. The van der Waals surface area contributed by atoms with Gasteiger partial charge in [0.25, 0.3) is 0 Å². The summed E-state index contributed by atoms with van der Waals surface area (Å²) in [5.74, 6) is -0.228. The summed E-state index contributed by atoms with van der Waals surface area (Å²) in [4.78, 5) is 15.6. The number of aromatic nitrogens is 3. The molecule has 6 heteroatoms. The van der Waals surface area contributed by atoms with Gasteiger partial charge in [-0.15, -0.1) is 0 Å². The highest BCUT2D eigenvalue weighted by molar-refractivity contribution is 5.86. The van der Waals surface area contributed by atoms with E-state index in [2.05, 4.69) is 23.9 Å². The molecule has 0 saturated heterocycles. The SMILES string of the molecule is CCC[C@@H](C)Oc1ccc(-c2cc(C)n3nc(C(=O)O)cc3n2)cc1. The lowest BCUT2D eigenvalue weighted by Crippen LogP contribution is -2.10. The van der Waals surface area contributed by atoms with Crippen LogP contribution in [0.5, 0.6) is 5.75 Å². The van der Waals surface area contributed by atoms with E-state index in [1.807, 2.05) is 37.3 Å². The van der Waals surface area contributed by atoms with E-state index in [0.717, 1.165) is 35.5 Å². The van der Waals surface area contributed by atoms with Gasteiger partial charge in [0.2, 0.25) is 0 Å². The molecule has 1 aromatic carbocycles. The van der Waals surface area contributed by atoms with Crippen molar-refractivity contribution in [3.05, 3.63) is 47.8 Å². The van der Waals surface area contributed by atoms with Crippen LogP contribution >= 0.6 is 0 Å². The van der Waals surface area contributed by atoms with E-state index in [1.54, 1.807) is 0 Å². The fourth-order valence-corrected chi connectivity index (χ4v) is 2.78. The minimum atomic E-state index is -1.06. The van der Waals surface area contributed by atoms with Crippen molar-refractivity contribution < 1.29 is 14.6 Å². The number of aryl methyl sites for hydroxylation is 1. The zero-order chi connectivity index (χ0) is 18.0. The van der Waals surface area contributed by atoms with Crippen molar-refractivity contribution >= 4 is 11.6 Å². The maximum atomic E-state index is 11.1. The first-order valence-electron chi connectivity index (χ1n) is 8.35. The summed E-state index contributed by atoms with van der Waals surface area (Å²) in [5.41, 5.74) is 3.05. The molecule has 0 spiro atoms. The van der Waals surface area contributed by atoms with Gasteiger partial charge in [-0.3, -0.25) is 0 Å². The smallest absolute Gasteiger partial charge is 0.356 e. The molecule has 130 valence electrons. The molecule has 3 aromatic rings. The molecule has 1 N–H and O–H groups in total. The van der Waals surface area contributed by atoms with Gasteiger partial charge in [0.1, 0.15) is 5.75 Å². The number of carbonyl (C=O) groups is 1. The van der Waals surface area contributed by atoms with Crippen molar-refractivity contribution in [2.24, 2.45) is 0 Å². The Kier molecular flexibility index (Phi) is 4.70. The number of rotatable bonds is 6. The van der Waals surface area contributed by atoms with Crippen LogP contribution < -0.4 is 4.74 Å². The average molecular weight is 339 g/mol. The van der Waals surface area contributed by atoms with Gasteiger partial charge in [0.15, 0.2) is 11.3 Å². The molecule has 0 radical (unpaired) electrons. The first kappa shape index (κ1) is 17.0. The molecule has 0 fully saturated rings. The fraction of sp³-hybridized carbons (Fsp3) is 0.316. The molecule has 25 heavy (non-hydrogen) atoms. The van der Waals surface area contributed by atoms with E-state index >= 15 is 0 Å². The lowest BCUT2D eigenvalue weighted by molar-refractivity contribution is 0.0690. The fourth-order valence-electron chi connectivity index (χ4n) is 2.78. The van der Waals surface area contributed by atoms with E-state index in [0.29, 0.717) is 5.65 Å². The highest BCUT2D eigenvalue weighted by atomic mass is 16.5. The molecule has 6 nitrogen and oxygen atoms in total. The van der Waals surface area contributed by atoms with Crippen molar-refractivity contribution in [3.63, 3.8) is 0 Å². The lowest BCUT2D eigenvalue weighted by Gasteiger charge is -2.14. The van der Waals surface area contributed by atoms with Crippen LogP contribution in [0, 0.1) is 6.92 Å². The maximum Gasteiger partial charge on any atom is 0.356 e. The molecule has 0 unspecified atom stereocenters. The third-order valence-electron chi connectivity index (χ3n) is 4.01. The normalized spacial score (nSPS) is 12.3. The second-order valence-electron chi connectivity index (χ2n) is 6.13. The molecular formula is C19H21N3O3. The van der Waals surface area contributed by atoms with Crippen molar-refractivity contribution in [1.82, 2.24) is 14.6 Å². The number of hydrogen-bond donors (Lipinski definition) is 1. The number of hydrogen-bond acceptors (Lipinski definition) is 4. The van der Waals surface area contributed by atoms with Crippen LogP contribution in [0.4, 0.5) is 0 Å². The van der Waals surface area contributed by atoms with Crippen molar-refractivity contribution in [3.8, 4) is 17.0 Å². The van der Waals surface area contributed by atoms with Crippen LogP contribution in [0.3, 0.4) is 0 Å². The Morgan fingerprint density at radius 2 is 2.00 bits per heavy atom. The summed E-state index contributed by atoms with van der Waals surface area (Å²) in [6, 6.07) is 11.1. The first-order valence-corrected chi connectivity index (χ1v) is 8.35. The zero-order valence-corrected chi connectivity index (χ0v) is 14.6. The summed E-state index contributed by atoms with van der Waals surface area (Å²) >= 11 is 0. The summed E-state index contributed by atoms with van der Waals surface area (Å²) in [6.45, 7) is 6.08. The minimum Gasteiger partial charge on any atom is -0.491 e. The Hall–Kier alpha value is -2.89. The molecule has 3 rings (SSSR count). The molecule has 2 heterocycles. The molecule has 2 aromatic heterocycles. The quantitative estimate of drug-likeness (QED) is 0.735. The number of ether oxygens (including phenoxy) is 1. The van der Waals surface area contributed by atoms with Crippen LogP contribution in [-0.2, 0) is 0 Å². The van der Waals surface area contributed by atoms with Gasteiger partial charge in [-0.2, -0.15) is 5.10 Å². The Bertz CT molecular complexity index is 900. The van der Waals surface area contributed by atoms with Crippen LogP contribution in [0.2, 0.25) is 0 Å². The minimum absolute atomic E-state index is 0.0126. The lowest BCUT2D eigenvalue weighted by atomic mass is 10.1. The van der Waals surface area contributed by atoms with Gasteiger partial charge < -0.3 is 9.84 Å². The Labute approximate surface area is 146 Å². The third kappa shape index (κ3) is 3.63. The number of aromatic carboxylic acids is 1. The topological polar surface area (TPSA) is 76.7 Å². The molecule has 0 aliphatic rings.